The molecule has 0 saturated heterocycles. The summed E-state index contributed by atoms with van der Waals surface area (Å²) in [7, 11) is 2.88. The molecular formula is C16H30N2O4. The molecule has 0 saturated carbocycles. The van der Waals surface area contributed by atoms with E-state index in [1.54, 1.807) is 0 Å². The Bertz CT molecular complexity index is 398. The molecule has 0 fully saturated rings. The van der Waals surface area contributed by atoms with E-state index in [0.717, 1.165) is 32.2 Å². The lowest BCUT2D eigenvalue weighted by atomic mass is 10.1. The molecule has 6 nitrogen and oxygen atoms in total. The maximum atomic E-state index is 12.4. The molecule has 0 aromatic rings. The molecule has 1 aliphatic rings. The van der Waals surface area contributed by atoms with Crippen LogP contribution in [0.1, 0.15) is 46.0 Å². The zero-order valence-electron chi connectivity index (χ0n) is 14.3. The van der Waals surface area contributed by atoms with E-state index in [-0.39, 0.29) is 17.4 Å². The number of hydrogen-bond acceptors (Lipinski definition) is 5. The Kier molecular flexibility index (Phi) is 7.68. The Labute approximate surface area is 133 Å². The van der Waals surface area contributed by atoms with Crippen LogP contribution < -0.4 is 5.32 Å². The second-order valence-electron chi connectivity index (χ2n) is 5.55. The molecule has 1 rings (SSSR count). The van der Waals surface area contributed by atoms with Gasteiger partial charge in [0.05, 0.1) is 14.2 Å². The van der Waals surface area contributed by atoms with E-state index >= 15 is 0 Å². The minimum atomic E-state index is -1.43. The number of nitrogens with one attached hydrogen (secondary N) is 1. The van der Waals surface area contributed by atoms with Gasteiger partial charge in [-0.25, -0.2) is 0 Å². The first-order chi connectivity index (χ1) is 10.6. The van der Waals surface area contributed by atoms with E-state index in [2.05, 4.69) is 12.2 Å². The molecule has 0 radical (unpaired) electrons. The third kappa shape index (κ3) is 3.93. The van der Waals surface area contributed by atoms with E-state index in [1.165, 1.54) is 19.1 Å². The van der Waals surface area contributed by atoms with Crippen molar-refractivity contribution in [2.24, 2.45) is 0 Å². The van der Waals surface area contributed by atoms with Crippen LogP contribution in [0.2, 0.25) is 0 Å². The highest BCUT2D eigenvalue weighted by atomic mass is 16.5. The summed E-state index contributed by atoms with van der Waals surface area (Å²) in [6, 6.07) is 0. The van der Waals surface area contributed by atoms with Gasteiger partial charge in [0.15, 0.2) is 5.76 Å². The number of unbranched alkanes of at least 4 members (excludes halogenated alkanes) is 2. The average molecular weight is 314 g/mol. The number of rotatable bonds is 11. The highest BCUT2D eigenvalue weighted by Crippen LogP contribution is 2.37. The Hall–Kier alpha value is -1.27. The molecule has 1 amide bonds. The van der Waals surface area contributed by atoms with Crippen LogP contribution in [0.3, 0.4) is 0 Å². The van der Waals surface area contributed by atoms with Gasteiger partial charge in [-0.1, -0.05) is 26.7 Å². The summed E-state index contributed by atoms with van der Waals surface area (Å²) in [5.74, 6) is 0.0203. The van der Waals surface area contributed by atoms with Gasteiger partial charge in [0.2, 0.25) is 11.5 Å². The van der Waals surface area contributed by atoms with Crippen LogP contribution >= 0.6 is 0 Å². The molecule has 1 atom stereocenters. The molecule has 1 heterocycles. The average Bonchev–Trinajstić information content (AvgIpc) is 2.71. The third-order valence-corrected chi connectivity index (χ3v) is 3.96. The zero-order valence-corrected chi connectivity index (χ0v) is 14.3. The van der Waals surface area contributed by atoms with Gasteiger partial charge < -0.3 is 24.8 Å². The van der Waals surface area contributed by atoms with Crippen LogP contribution in [0.5, 0.6) is 0 Å². The maximum absolute atomic E-state index is 12.4. The summed E-state index contributed by atoms with van der Waals surface area (Å²) >= 11 is 0. The molecule has 128 valence electrons. The minimum absolute atomic E-state index is 0.106. The van der Waals surface area contributed by atoms with Crippen LogP contribution in [-0.2, 0) is 14.3 Å². The largest absolute Gasteiger partial charge is 0.492 e. The van der Waals surface area contributed by atoms with Gasteiger partial charge in [0.25, 0.3) is 5.91 Å². The fourth-order valence-corrected chi connectivity index (χ4v) is 2.67. The summed E-state index contributed by atoms with van der Waals surface area (Å²) in [6.45, 7) is 6.18. The number of hydrogen-bond donors (Lipinski definition) is 2. The smallest absolute Gasteiger partial charge is 0.295 e. The van der Waals surface area contributed by atoms with Gasteiger partial charge >= 0.3 is 0 Å². The minimum Gasteiger partial charge on any atom is -0.492 e. The van der Waals surface area contributed by atoms with Crippen molar-refractivity contribution in [1.29, 1.82) is 0 Å². The molecule has 1 unspecified atom stereocenters. The van der Waals surface area contributed by atoms with E-state index in [1.807, 2.05) is 6.92 Å². The lowest BCUT2D eigenvalue weighted by Crippen LogP contribution is -2.50. The molecule has 0 bridgehead atoms. The summed E-state index contributed by atoms with van der Waals surface area (Å²) in [5.41, 5.74) is -1.43. The van der Waals surface area contributed by atoms with E-state index in [9.17, 15) is 9.90 Å². The summed E-state index contributed by atoms with van der Waals surface area (Å²) in [4.78, 5) is 13.9. The number of carbonyl (C=O) groups excluding carboxylic acids is 1. The quantitative estimate of drug-likeness (QED) is 0.567. The molecule has 1 aliphatic heterocycles. The first-order valence-corrected chi connectivity index (χ1v) is 8.14. The van der Waals surface area contributed by atoms with Crippen molar-refractivity contribution in [3.63, 3.8) is 0 Å². The van der Waals surface area contributed by atoms with Crippen LogP contribution in [0, 0.1) is 0 Å². The highest BCUT2D eigenvalue weighted by molar-refractivity contribution is 5.95. The van der Waals surface area contributed by atoms with E-state index in [4.69, 9.17) is 9.47 Å². The second-order valence-corrected chi connectivity index (χ2v) is 5.55. The number of nitrogens with zero attached hydrogens (tertiary/aromatic N) is 1. The van der Waals surface area contributed by atoms with Crippen LogP contribution in [0.15, 0.2) is 11.5 Å². The van der Waals surface area contributed by atoms with Gasteiger partial charge in [-0.05, 0) is 19.4 Å². The lowest BCUT2D eigenvalue weighted by molar-refractivity contribution is -0.149. The molecular weight excluding hydrogens is 284 g/mol. The molecule has 0 spiro atoms. The van der Waals surface area contributed by atoms with Crippen molar-refractivity contribution in [1.82, 2.24) is 10.2 Å². The predicted molar refractivity (Wildman–Crippen MR) is 85.0 cm³/mol. The topological polar surface area (TPSA) is 71.0 Å². The number of methoxy groups -OCH3 is 2. The molecule has 0 aliphatic carbocycles. The van der Waals surface area contributed by atoms with Gasteiger partial charge in [0, 0.05) is 19.5 Å². The van der Waals surface area contributed by atoms with Crippen LogP contribution in [0.4, 0.5) is 0 Å². The highest BCUT2D eigenvalue weighted by Gasteiger charge is 2.52. The first-order valence-electron chi connectivity index (χ1n) is 8.14. The Morgan fingerprint density at radius 3 is 2.36 bits per heavy atom. The number of carbonyl (C=O) groups is 1. The fourth-order valence-electron chi connectivity index (χ4n) is 2.67. The van der Waals surface area contributed by atoms with Gasteiger partial charge in [-0.3, -0.25) is 4.79 Å². The van der Waals surface area contributed by atoms with E-state index < -0.39 is 5.72 Å². The Morgan fingerprint density at radius 1 is 1.14 bits per heavy atom. The fraction of sp³-hybridized carbons (Fsp3) is 0.812. The van der Waals surface area contributed by atoms with Crippen molar-refractivity contribution in [2.45, 2.75) is 51.7 Å². The van der Waals surface area contributed by atoms with Crippen LogP contribution in [0.25, 0.3) is 0 Å². The predicted octanol–water partition coefficient (Wildman–Crippen LogP) is 1.60. The molecule has 0 aromatic carbocycles. The Morgan fingerprint density at radius 2 is 1.82 bits per heavy atom. The standard InChI is InChI=1S/C16H30N2O4/c1-5-7-10-17-11-9-16(20)14(22-4)13(21-3)15(19)18(16)12-8-6-2/h17,20H,5-12H2,1-4H3. The molecule has 22 heavy (non-hydrogen) atoms. The number of amides is 1. The van der Waals surface area contributed by atoms with Gasteiger partial charge in [0.1, 0.15) is 0 Å². The van der Waals surface area contributed by atoms with Crippen molar-refractivity contribution in [2.75, 3.05) is 33.9 Å². The third-order valence-electron chi connectivity index (χ3n) is 3.96. The van der Waals surface area contributed by atoms with E-state index in [0.29, 0.717) is 19.5 Å². The molecule has 0 aromatic heterocycles. The Balaban J connectivity index is 2.85. The second kappa shape index (κ2) is 9.00. The summed E-state index contributed by atoms with van der Waals surface area (Å²) in [6.07, 6.45) is 4.36. The zero-order chi connectivity index (χ0) is 16.6. The van der Waals surface area contributed by atoms with Crippen molar-refractivity contribution < 1.29 is 19.4 Å². The van der Waals surface area contributed by atoms with Crippen LogP contribution in [-0.4, -0.2) is 55.5 Å². The van der Waals surface area contributed by atoms with Gasteiger partial charge in [-0.2, -0.15) is 0 Å². The number of aliphatic hydroxyl groups is 1. The SMILES string of the molecule is CCCCNCCC1(O)C(OC)=C(OC)C(=O)N1CCCC. The normalized spacial score (nSPS) is 21.7. The maximum Gasteiger partial charge on any atom is 0.295 e. The first kappa shape index (κ1) is 18.8. The van der Waals surface area contributed by atoms with Crippen molar-refractivity contribution in [3.05, 3.63) is 11.5 Å². The van der Waals surface area contributed by atoms with Crippen molar-refractivity contribution >= 4 is 5.91 Å². The van der Waals surface area contributed by atoms with Gasteiger partial charge in [-0.15, -0.1) is 0 Å². The summed E-state index contributed by atoms with van der Waals surface area (Å²) in [5, 5.41) is 14.4. The molecule has 6 heteroatoms. The number of ether oxygens (including phenoxy) is 2. The monoisotopic (exact) mass is 314 g/mol. The lowest BCUT2D eigenvalue weighted by Gasteiger charge is -2.34. The molecule has 2 N–H and O–H groups in total. The summed E-state index contributed by atoms with van der Waals surface area (Å²) < 4.78 is 10.5. The van der Waals surface area contributed by atoms with Crippen molar-refractivity contribution in [3.8, 4) is 0 Å².